The van der Waals surface area contributed by atoms with Crippen molar-refractivity contribution in [3.8, 4) is 5.75 Å². The molecule has 2 aliphatic heterocycles. The van der Waals surface area contributed by atoms with E-state index in [1.165, 1.54) is 12.1 Å². The fourth-order valence-corrected chi connectivity index (χ4v) is 4.35. The molecule has 4 rings (SSSR count). The summed E-state index contributed by atoms with van der Waals surface area (Å²) in [5.41, 5.74) is 1.79. The monoisotopic (exact) mass is 397 g/mol. The van der Waals surface area contributed by atoms with Crippen molar-refractivity contribution in [2.75, 3.05) is 51.3 Å². The van der Waals surface area contributed by atoms with Gasteiger partial charge in [-0.1, -0.05) is 0 Å². The van der Waals surface area contributed by atoms with Gasteiger partial charge in [-0.3, -0.25) is 9.69 Å². The third-order valence-corrected chi connectivity index (χ3v) is 6.04. The molecule has 2 aromatic rings. The van der Waals surface area contributed by atoms with Crippen LogP contribution in [-0.2, 0) is 0 Å². The van der Waals surface area contributed by atoms with Crippen LogP contribution >= 0.6 is 0 Å². The Morgan fingerprint density at radius 3 is 2.31 bits per heavy atom. The Labute approximate surface area is 171 Å². The number of rotatable bonds is 4. The third kappa shape index (κ3) is 4.53. The van der Waals surface area contributed by atoms with E-state index in [4.69, 9.17) is 4.74 Å². The first-order valence-electron chi connectivity index (χ1n) is 10.3. The number of benzene rings is 2. The fourth-order valence-electron chi connectivity index (χ4n) is 4.35. The quantitative estimate of drug-likeness (QED) is 0.794. The summed E-state index contributed by atoms with van der Waals surface area (Å²) >= 11 is 0. The number of carbonyl (C=O) groups is 1. The smallest absolute Gasteiger partial charge is 0.253 e. The average molecular weight is 397 g/mol. The molecule has 0 radical (unpaired) electrons. The van der Waals surface area contributed by atoms with Crippen LogP contribution in [0.15, 0.2) is 48.5 Å². The zero-order valence-corrected chi connectivity index (χ0v) is 16.9. The number of piperidine rings is 1. The number of anilines is 1. The van der Waals surface area contributed by atoms with Gasteiger partial charge in [-0.05, 0) is 61.4 Å². The summed E-state index contributed by atoms with van der Waals surface area (Å²) in [6.45, 7) is 5.38. The molecule has 0 unspecified atom stereocenters. The van der Waals surface area contributed by atoms with E-state index < -0.39 is 0 Å². The Morgan fingerprint density at radius 2 is 1.66 bits per heavy atom. The van der Waals surface area contributed by atoms with E-state index in [2.05, 4.69) is 9.80 Å². The number of nitrogens with zero attached hydrogens (tertiary/aromatic N) is 3. The standard InChI is InChI=1S/C23H28FN3O2/c1-29-22-10-4-18(5-11-22)23(28)27-12-2-3-21(17-27)26-15-13-25(14-16-26)20-8-6-19(24)7-9-20/h4-11,21H,2-3,12-17H2,1H3/t21-/m0/s1. The van der Waals surface area contributed by atoms with E-state index in [9.17, 15) is 9.18 Å². The van der Waals surface area contributed by atoms with E-state index in [1.54, 1.807) is 7.11 Å². The molecule has 0 aliphatic carbocycles. The maximum Gasteiger partial charge on any atom is 0.253 e. The summed E-state index contributed by atoms with van der Waals surface area (Å²) in [5, 5.41) is 0. The molecule has 1 atom stereocenters. The van der Waals surface area contributed by atoms with Crippen molar-refractivity contribution in [3.05, 3.63) is 59.9 Å². The first-order chi connectivity index (χ1) is 14.1. The van der Waals surface area contributed by atoms with Gasteiger partial charge in [0, 0.05) is 56.6 Å². The van der Waals surface area contributed by atoms with Crippen LogP contribution in [0.5, 0.6) is 5.75 Å². The number of likely N-dealkylation sites (tertiary alicyclic amines) is 1. The number of methoxy groups -OCH3 is 1. The van der Waals surface area contributed by atoms with Crippen LogP contribution in [0.2, 0.25) is 0 Å². The number of hydrogen-bond donors (Lipinski definition) is 0. The fraction of sp³-hybridized carbons (Fsp3) is 0.435. The lowest BCUT2D eigenvalue weighted by Crippen LogP contribution is -2.55. The molecule has 2 saturated heterocycles. The van der Waals surface area contributed by atoms with Gasteiger partial charge in [0.25, 0.3) is 5.91 Å². The van der Waals surface area contributed by atoms with Crippen LogP contribution in [0.3, 0.4) is 0 Å². The minimum atomic E-state index is -0.198. The maximum atomic E-state index is 13.2. The molecule has 2 heterocycles. The van der Waals surface area contributed by atoms with Crippen molar-refractivity contribution in [1.29, 1.82) is 0 Å². The third-order valence-electron chi connectivity index (χ3n) is 6.04. The van der Waals surface area contributed by atoms with Gasteiger partial charge in [0.15, 0.2) is 0 Å². The van der Waals surface area contributed by atoms with Crippen LogP contribution < -0.4 is 9.64 Å². The predicted molar refractivity (Wildman–Crippen MR) is 112 cm³/mol. The van der Waals surface area contributed by atoms with Crippen LogP contribution in [0.4, 0.5) is 10.1 Å². The molecule has 0 spiro atoms. The summed E-state index contributed by atoms with van der Waals surface area (Å²) in [4.78, 5) is 19.7. The molecule has 29 heavy (non-hydrogen) atoms. The Bertz CT molecular complexity index is 817. The molecule has 2 aliphatic rings. The molecule has 2 fully saturated rings. The topological polar surface area (TPSA) is 36.0 Å². The molecule has 154 valence electrons. The van der Waals surface area contributed by atoms with Crippen molar-refractivity contribution >= 4 is 11.6 Å². The highest BCUT2D eigenvalue weighted by atomic mass is 19.1. The van der Waals surface area contributed by atoms with E-state index >= 15 is 0 Å². The molecule has 6 heteroatoms. The molecular formula is C23H28FN3O2. The van der Waals surface area contributed by atoms with Crippen LogP contribution in [0.1, 0.15) is 23.2 Å². The largest absolute Gasteiger partial charge is 0.497 e. The number of carbonyl (C=O) groups excluding carboxylic acids is 1. The molecule has 5 nitrogen and oxygen atoms in total. The summed E-state index contributed by atoms with van der Waals surface area (Å²) in [7, 11) is 1.63. The van der Waals surface area contributed by atoms with Gasteiger partial charge < -0.3 is 14.5 Å². The molecular weight excluding hydrogens is 369 g/mol. The lowest BCUT2D eigenvalue weighted by atomic mass is 10.0. The minimum absolute atomic E-state index is 0.0994. The van der Waals surface area contributed by atoms with Crippen LogP contribution in [0.25, 0.3) is 0 Å². The van der Waals surface area contributed by atoms with Gasteiger partial charge in [0.2, 0.25) is 0 Å². The summed E-state index contributed by atoms with van der Waals surface area (Å²) in [5.74, 6) is 0.663. The normalized spacial score (nSPS) is 20.6. The second kappa shape index (κ2) is 8.82. The summed E-state index contributed by atoms with van der Waals surface area (Å²) in [6, 6.07) is 14.5. The van der Waals surface area contributed by atoms with Crippen molar-refractivity contribution in [1.82, 2.24) is 9.80 Å². The number of hydrogen-bond acceptors (Lipinski definition) is 4. The second-order valence-electron chi connectivity index (χ2n) is 7.78. The highest BCUT2D eigenvalue weighted by Gasteiger charge is 2.30. The lowest BCUT2D eigenvalue weighted by molar-refractivity contribution is 0.0563. The van der Waals surface area contributed by atoms with Gasteiger partial charge in [0.05, 0.1) is 7.11 Å². The van der Waals surface area contributed by atoms with Gasteiger partial charge >= 0.3 is 0 Å². The SMILES string of the molecule is COc1ccc(C(=O)N2CCC[C@H](N3CCN(c4ccc(F)cc4)CC3)C2)cc1. The van der Waals surface area contributed by atoms with Crippen LogP contribution in [0, 0.1) is 5.82 Å². The van der Waals surface area contributed by atoms with E-state index in [0.29, 0.717) is 11.6 Å². The zero-order valence-electron chi connectivity index (χ0n) is 16.9. The van der Waals surface area contributed by atoms with Gasteiger partial charge in [-0.15, -0.1) is 0 Å². The molecule has 0 N–H and O–H groups in total. The van der Waals surface area contributed by atoms with Gasteiger partial charge in [0.1, 0.15) is 11.6 Å². The van der Waals surface area contributed by atoms with Crippen molar-refractivity contribution in [2.45, 2.75) is 18.9 Å². The van der Waals surface area contributed by atoms with Crippen molar-refractivity contribution < 1.29 is 13.9 Å². The van der Waals surface area contributed by atoms with E-state index in [-0.39, 0.29) is 11.7 Å². The van der Waals surface area contributed by atoms with E-state index in [1.807, 2.05) is 41.3 Å². The molecule has 2 aromatic carbocycles. The molecule has 0 saturated carbocycles. The zero-order chi connectivity index (χ0) is 20.2. The number of halogens is 1. The first kappa shape index (κ1) is 19.7. The molecule has 0 aromatic heterocycles. The Hall–Kier alpha value is -2.60. The number of piperazine rings is 1. The average Bonchev–Trinajstić information content (AvgIpc) is 2.79. The second-order valence-corrected chi connectivity index (χ2v) is 7.78. The highest BCUT2D eigenvalue weighted by molar-refractivity contribution is 5.94. The van der Waals surface area contributed by atoms with Gasteiger partial charge in [-0.25, -0.2) is 4.39 Å². The Balaban J connectivity index is 1.34. The number of amides is 1. The minimum Gasteiger partial charge on any atom is -0.497 e. The predicted octanol–water partition coefficient (Wildman–Crippen LogP) is 3.26. The molecule has 1 amide bonds. The highest BCUT2D eigenvalue weighted by Crippen LogP contribution is 2.23. The maximum absolute atomic E-state index is 13.2. The summed E-state index contributed by atoms with van der Waals surface area (Å²) < 4.78 is 18.3. The van der Waals surface area contributed by atoms with Gasteiger partial charge in [-0.2, -0.15) is 0 Å². The molecule has 0 bridgehead atoms. The van der Waals surface area contributed by atoms with Crippen LogP contribution in [-0.4, -0.2) is 68.1 Å². The number of ether oxygens (including phenoxy) is 1. The Kier molecular flexibility index (Phi) is 6.00. The Morgan fingerprint density at radius 1 is 0.966 bits per heavy atom. The first-order valence-corrected chi connectivity index (χ1v) is 10.3. The summed E-state index contributed by atoms with van der Waals surface area (Å²) in [6.07, 6.45) is 2.16. The van der Waals surface area contributed by atoms with Crippen molar-refractivity contribution in [2.24, 2.45) is 0 Å². The lowest BCUT2D eigenvalue weighted by Gasteiger charge is -2.44. The van der Waals surface area contributed by atoms with E-state index in [0.717, 1.165) is 63.5 Å². The van der Waals surface area contributed by atoms with Crippen molar-refractivity contribution in [3.63, 3.8) is 0 Å².